The molecule has 0 N–H and O–H groups in total. The van der Waals surface area contributed by atoms with Gasteiger partial charge in [-0.2, -0.15) is 0 Å². The van der Waals surface area contributed by atoms with Gasteiger partial charge in [-0.15, -0.1) is 0 Å². The average Bonchev–Trinajstić information content (AvgIpc) is 2.25. The number of rotatable bonds is 9. The van der Waals surface area contributed by atoms with E-state index in [0.717, 1.165) is 6.42 Å². The van der Waals surface area contributed by atoms with E-state index in [1.54, 1.807) is 0 Å². The van der Waals surface area contributed by atoms with E-state index in [2.05, 4.69) is 26.6 Å². The molecular formula is C14H30O2Si. The van der Waals surface area contributed by atoms with Gasteiger partial charge < -0.3 is 4.74 Å². The Morgan fingerprint density at radius 1 is 1.06 bits per heavy atom. The van der Waals surface area contributed by atoms with Crippen LogP contribution in [0, 0.1) is 0 Å². The highest BCUT2D eigenvalue weighted by Gasteiger charge is 2.29. The molecule has 0 bridgehead atoms. The summed E-state index contributed by atoms with van der Waals surface area (Å²) < 4.78 is 5.33. The Bertz CT molecular complexity index is 209. The molecule has 0 fully saturated rings. The summed E-state index contributed by atoms with van der Waals surface area (Å²) in [4.78, 5) is 11.7. The lowest BCUT2D eigenvalue weighted by Crippen LogP contribution is -2.32. The van der Waals surface area contributed by atoms with E-state index in [1.165, 1.54) is 32.1 Å². The van der Waals surface area contributed by atoms with E-state index in [0.29, 0.717) is 6.61 Å². The van der Waals surface area contributed by atoms with Crippen molar-refractivity contribution >= 4 is 14.0 Å². The van der Waals surface area contributed by atoms with Crippen LogP contribution in [-0.2, 0) is 9.53 Å². The van der Waals surface area contributed by atoms with Crippen LogP contribution in [0.1, 0.15) is 52.4 Å². The van der Waals surface area contributed by atoms with Crippen molar-refractivity contribution in [2.24, 2.45) is 0 Å². The van der Waals surface area contributed by atoms with Gasteiger partial charge in [-0.1, -0.05) is 65.6 Å². The van der Waals surface area contributed by atoms with E-state index in [-0.39, 0.29) is 11.5 Å². The minimum atomic E-state index is -1.38. The standard InChI is InChI=1S/C14H30O2Si/c1-6-7-8-9-10-11-12-16-14(15)13(2)17(3,4)5/h13H,6-12H2,1-5H3. The fourth-order valence-electron chi connectivity index (χ4n) is 1.53. The van der Waals surface area contributed by atoms with Crippen molar-refractivity contribution in [3.63, 3.8) is 0 Å². The summed E-state index contributed by atoms with van der Waals surface area (Å²) in [6, 6.07) is 0. The predicted molar refractivity (Wildman–Crippen MR) is 77.1 cm³/mol. The molecule has 0 radical (unpaired) electrons. The SMILES string of the molecule is CCCCCCCCOC(=O)C(C)[Si](C)(C)C. The fourth-order valence-corrected chi connectivity index (χ4v) is 2.32. The van der Waals surface area contributed by atoms with Crippen molar-refractivity contribution in [3.8, 4) is 0 Å². The molecule has 1 atom stereocenters. The number of hydrogen-bond acceptors (Lipinski definition) is 2. The zero-order chi connectivity index (χ0) is 13.3. The summed E-state index contributed by atoms with van der Waals surface area (Å²) in [6.07, 6.45) is 7.41. The normalized spacial score (nSPS) is 13.5. The molecular weight excluding hydrogens is 228 g/mol. The van der Waals surface area contributed by atoms with E-state index >= 15 is 0 Å². The number of unbranched alkanes of at least 4 members (excludes halogenated alkanes) is 5. The maximum Gasteiger partial charge on any atom is 0.305 e. The first-order valence-corrected chi connectivity index (χ1v) is 10.6. The Hall–Kier alpha value is -0.313. The molecule has 3 heteroatoms. The molecule has 0 aliphatic heterocycles. The lowest BCUT2D eigenvalue weighted by atomic mass is 10.1. The molecule has 0 aliphatic rings. The number of carbonyl (C=O) groups excluding carboxylic acids is 1. The Kier molecular flexibility index (Phi) is 8.57. The summed E-state index contributed by atoms with van der Waals surface area (Å²) in [7, 11) is -1.38. The minimum absolute atomic E-state index is 0.0118. The number of ether oxygens (including phenoxy) is 1. The highest BCUT2D eigenvalue weighted by molar-refractivity contribution is 6.80. The second kappa shape index (κ2) is 8.73. The quantitative estimate of drug-likeness (QED) is 0.343. The van der Waals surface area contributed by atoms with Gasteiger partial charge in [0.15, 0.2) is 0 Å². The fraction of sp³-hybridized carbons (Fsp3) is 0.929. The number of esters is 1. The third kappa shape index (κ3) is 8.42. The van der Waals surface area contributed by atoms with Crippen molar-refractivity contribution in [2.75, 3.05) is 6.61 Å². The van der Waals surface area contributed by atoms with Crippen molar-refractivity contribution in [1.82, 2.24) is 0 Å². The van der Waals surface area contributed by atoms with Crippen molar-refractivity contribution in [1.29, 1.82) is 0 Å². The lowest BCUT2D eigenvalue weighted by molar-refractivity contribution is -0.143. The molecule has 0 saturated carbocycles. The average molecular weight is 258 g/mol. The summed E-state index contributed by atoms with van der Waals surface area (Å²) in [5.74, 6) is 0.0118. The molecule has 0 rings (SSSR count). The topological polar surface area (TPSA) is 26.3 Å². The molecule has 0 saturated heterocycles. The van der Waals surface area contributed by atoms with Crippen LogP contribution in [0.15, 0.2) is 0 Å². The van der Waals surface area contributed by atoms with Gasteiger partial charge in [-0.05, 0) is 6.42 Å². The molecule has 0 spiro atoms. The molecule has 0 aliphatic carbocycles. The Morgan fingerprint density at radius 3 is 2.12 bits per heavy atom. The van der Waals surface area contributed by atoms with Crippen LogP contribution < -0.4 is 0 Å². The molecule has 0 aromatic heterocycles. The van der Waals surface area contributed by atoms with Gasteiger partial charge in [-0.3, -0.25) is 4.79 Å². The first kappa shape index (κ1) is 16.7. The first-order chi connectivity index (χ1) is 7.89. The zero-order valence-corrected chi connectivity index (χ0v) is 13.3. The van der Waals surface area contributed by atoms with Crippen molar-refractivity contribution in [3.05, 3.63) is 0 Å². The Morgan fingerprint density at radius 2 is 1.59 bits per heavy atom. The van der Waals surface area contributed by atoms with Crippen LogP contribution in [0.25, 0.3) is 0 Å². The largest absolute Gasteiger partial charge is 0.466 e. The third-order valence-electron chi connectivity index (χ3n) is 3.39. The summed E-state index contributed by atoms with van der Waals surface area (Å²) in [5.41, 5.74) is 0.114. The lowest BCUT2D eigenvalue weighted by Gasteiger charge is -2.23. The van der Waals surface area contributed by atoms with E-state index < -0.39 is 8.07 Å². The second-order valence-corrected chi connectivity index (χ2v) is 11.6. The van der Waals surface area contributed by atoms with Gasteiger partial charge in [0.1, 0.15) is 0 Å². The maximum atomic E-state index is 11.7. The van der Waals surface area contributed by atoms with E-state index in [9.17, 15) is 4.79 Å². The predicted octanol–water partition coefficient (Wildman–Crippen LogP) is 4.62. The van der Waals surface area contributed by atoms with Crippen LogP contribution in [0.4, 0.5) is 0 Å². The first-order valence-electron chi connectivity index (χ1n) is 7.06. The van der Waals surface area contributed by atoms with Crippen molar-refractivity contribution in [2.45, 2.75) is 77.6 Å². The number of hydrogen-bond donors (Lipinski definition) is 0. The van der Waals surface area contributed by atoms with Crippen LogP contribution in [0.3, 0.4) is 0 Å². The van der Waals surface area contributed by atoms with Gasteiger partial charge in [0, 0.05) is 5.54 Å². The van der Waals surface area contributed by atoms with Crippen LogP contribution in [0.2, 0.25) is 25.2 Å². The van der Waals surface area contributed by atoms with Crippen LogP contribution in [0.5, 0.6) is 0 Å². The van der Waals surface area contributed by atoms with Gasteiger partial charge in [0.2, 0.25) is 0 Å². The van der Waals surface area contributed by atoms with E-state index in [4.69, 9.17) is 4.74 Å². The highest BCUT2D eigenvalue weighted by atomic mass is 28.3. The molecule has 0 aromatic carbocycles. The Labute approximate surface area is 108 Å². The molecule has 0 amide bonds. The van der Waals surface area contributed by atoms with Crippen LogP contribution in [-0.4, -0.2) is 20.7 Å². The summed E-state index contributed by atoms with van der Waals surface area (Å²) in [5, 5.41) is 0. The highest BCUT2D eigenvalue weighted by Crippen LogP contribution is 2.22. The van der Waals surface area contributed by atoms with Gasteiger partial charge >= 0.3 is 5.97 Å². The van der Waals surface area contributed by atoms with Crippen molar-refractivity contribution < 1.29 is 9.53 Å². The summed E-state index contributed by atoms with van der Waals surface area (Å²) in [6.45, 7) is 11.5. The Balaban J connectivity index is 3.52. The summed E-state index contributed by atoms with van der Waals surface area (Å²) >= 11 is 0. The van der Waals surface area contributed by atoms with Gasteiger partial charge in [0.25, 0.3) is 0 Å². The van der Waals surface area contributed by atoms with Gasteiger partial charge in [-0.25, -0.2) is 0 Å². The van der Waals surface area contributed by atoms with E-state index in [1.807, 2.05) is 6.92 Å². The molecule has 2 nitrogen and oxygen atoms in total. The second-order valence-electron chi connectivity index (χ2n) is 6.02. The smallest absolute Gasteiger partial charge is 0.305 e. The van der Waals surface area contributed by atoms with Gasteiger partial charge in [0.05, 0.1) is 14.7 Å². The molecule has 1 unspecified atom stereocenters. The zero-order valence-electron chi connectivity index (χ0n) is 12.3. The monoisotopic (exact) mass is 258 g/mol. The molecule has 102 valence electrons. The van der Waals surface area contributed by atoms with Crippen LogP contribution >= 0.6 is 0 Å². The minimum Gasteiger partial charge on any atom is -0.466 e. The third-order valence-corrected chi connectivity index (χ3v) is 6.23. The molecule has 0 heterocycles. The number of carbonyl (C=O) groups is 1. The molecule has 17 heavy (non-hydrogen) atoms. The maximum absolute atomic E-state index is 11.7. The molecule has 0 aromatic rings.